The van der Waals surface area contributed by atoms with Crippen molar-refractivity contribution in [1.29, 1.82) is 5.26 Å². The fourth-order valence-electron chi connectivity index (χ4n) is 2.72. The van der Waals surface area contributed by atoms with Crippen molar-refractivity contribution in [2.75, 3.05) is 7.11 Å². The Kier molecular flexibility index (Phi) is 6.04. The SMILES string of the molecule is COc1ccc(C(NCc2ccc(C#N)cc2)C2CC2)cc1.Cl. The first kappa shape index (κ1) is 17.3. The Morgan fingerprint density at radius 1 is 1.13 bits per heavy atom. The first-order valence-electron chi connectivity index (χ1n) is 7.66. The summed E-state index contributed by atoms with van der Waals surface area (Å²) in [4.78, 5) is 0. The molecule has 0 radical (unpaired) electrons. The highest BCUT2D eigenvalue weighted by Gasteiger charge is 2.31. The summed E-state index contributed by atoms with van der Waals surface area (Å²) in [5.74, 6) is 1.62. The molecule has 1 aliphatic carbocycles. The van der Waals surface area contributed by atoms with Gasteiger partial charge in [-0.2, -0.15) is 5.26 Å². The Morgan fingerprint density at radius 2 is 1.78 bits per heavy atom. The van der Waals surface area contributed by atoms with E-state index < -0.39 is 0 Å². The van der Waals surface area contributed by atoms with Crippen LogP contribution in [0.4, 0.5) is 0 Å². The zero-order valence-corrected chi connectivity index (χ0v) is 14.0. The first-order chi connectivity index (χ1) is 10.8. The van der Waals surface area contributed by atoms with Crippen LogP contribution in [0.2, 0.25) is 0 Å². The van der Waals surface area contributed by atoms with Gasteiger partial charge >= 0.3 is 0 Å². The first-order valence-corrected chi connectivity index (χ1v) is 7.66. The molecule has 0 bridgehead atoms. The van der Waals surface area contributed by atoms with Crippen molar-refractivity contribution in [1.82, 2.24) is 5.32 Å². The normalized spacial score (nSPS) is 14.4. The summed E-state index contributed by atoms with van der Waals surface area (Å²) in [6.07, 6.45) is 2.58. The van der Waals surface area contributed by atoms with Crippen LogP contribution in [0.25, 0.3) is 0 Å². The molecule has 0 heterocycles. The summed E-state index contributed by atoms with van der Waals surface area (Å²) in [6.45, 7) is 0.818. The van der Waals surface area contributed by atoms with Gasteiger partial charge in [0.05, 0.1) is 18.7 Å². The van der Waals surface area contributed by atoms with Crippen LogP contribution in [0, 0.1) is 17.2 Å². The highest BCUT2D eigenvalue weighted by atomic mass is 35.5. The molecule has 3 rings (SSSR count). The van der Waals surface area contributed by atoms with E-state index in [4.69, 9.17) is 10.00 Å². The lowest BCUT2D eigenvalue weighted by Crippen LogP contribution is -2.22. The number of methoxy groups -OCH3 is 1. The molecule has 4 heteroatoms. The topological polar surface area (TPSA) is 45.0 Å². The third-order valence-electron chi connectivity index (χ3n) is 4.18. The van der Waals surface area contributed by atoms with E-state index >= 15 is 0 Å². The highest BCUT2D eigenvalue weighted by molar-refractivity contribution is 5.85. The summed E-state index contributed by atoms with van der Waals surface area (Å²) < 4.78 is 5.23. The van der Waals surface area contributed by atoms with Crippen molar-refractivity contribution < 1.29 is 4.74 Å². The molecule has 2 aromatic rings. The molecule has 120 valence electrons. The van der Waals surface area contributed by atoms with Gasteiger partial charge in [0.25, 0.3) is 0 Å². The van der Waals surface area contributed by atoms with E-state index in [2.05, 4.69) is 23.5 Å². The van der Waals surface area contributed by atoms with Gasteiger partial charge in [-0.05, 0) is 54.2 Å². The second-order valence-corrected chi connectivity index (χ2v) is 5.78. The number of nitrogens with one attached hydrogen (secondary N) is 1. The van der Waals surface area contributed by atoms with Gasteiger partial charge in [-0.15, -0.1) is 12.4 Å². The van der Waals surface area contributed by atoms with Crippen LogP contribution in [0.3, 0.4) is 0 Å². The van der Waals surface area contributed by atoms with E-state index in [1.807, 2.05) is 36.4 Å². The van der Waals surface area contributed by atoms with Crippen LogP contribution in [-0.4, -0.2) is 7.11 Å². The molecule has 0 saturated heterocycles. The van der Waals surface area contributed by atoms with Gasteiger partial charge in [-0.1, -0.05) is 24.3 Å². The fraction of sp³-hybridized carbons (Fsp3) is 0.316. The Balaban J connectivity index is 0.00000192. The minimum absolute atomic E-state index is 0. The molecule has 1 fully saturated rings. The molecule has 1 N–H and O–H groups in total. The number of rotatable bonds is 6. The van der Waals surface area contributed by atoms with Gasteiger partial charge in [0.1, 0.15) is 5.75 Å². The van der Waals surface area contributed by atoms with Crippen LogP contribution in [-0.2, 0) is 6.54 Å². The van der Waals surface area contributed by atoms with Gasteiger partial charge in [0, 0.05) is 12.6 Å². The predicted molar refractivity (Wildman–Crippen MR) is 93.7 cm³/mol. The lowest BCUT2D eigenvalue weighted by Gasteiger charge is -2.19. The van der Waals surface area contributed by atoms with Crippen LogP contribution < -0.4 is 10.1 Å². The molecule has 1 aliphatic rings. The summed E-state index contributed by atoms with van der Waals surface area (Å²) in [6, 6.07) is 18.7. The summed E-state index contributed by atoms with van der Waals surface area (Å²) in [7, 11) is 1.69. The van der Waals surface area contributed by atoms with E-state index in [0.29, 0.717) is 11.6 Å². The molecule has 1 atom stereocenters. The number of hydrogen-bond acceptors (Lipinski definition) is 3. The van der Waals surface area contributed by atoms with E-state index in [1.165, 1.54) is 24.0 Å². The van der Waals surface area contributed by atoms with Gasteiger partial charge in [0.2, 0.25) is 0 Å². The monoisotopic (exact) mass is 328 g/mol. The zero-order valence-electron chi connectivity index (χ0n) is 13.2. The Bertz CT molecular complexity index is 657. The maximum atomic E-state index is 8.84. The summed E-state index contributed by atoms with van der Waals surface area (Å²) >= 11 is 0. The van der Waals surface area contributed by atoms with Gasteiger partial charge in [-0.25, -0.2) is 0 Å². The van der Waals surface area contributed by atoms with Gasteiger partial charge in [-0.3, -0.25) is 0 Å². The predicted octanol–water partition coefficient (Wildman–Crippen LogP) is 4.23. The smallest absolute Gasteiger partial charge is 0.118 e. The standard InChI is InChI=1S/C19H20N2O.ClH/c1-22-18-10-8-17(9-11-18)19(16-6-7-16)21-13-15-4-2-14(12-20)3-5-15;/h2-5,8-11,16,19,21H,6-7,13H2,1H3;1H. The number of nitrogens with zero attached hydrogens (tertiary/aromatic N) is 1. The largest absolute Gasteiger partial charge is 0.497 e. The summed E-state index contributed by atoms with van der Waals surface area (Å²) in [5, 5.41) is 12.5. The number of hydrogen-bond donors (Lipinski definition) is 1. The van der Waals surface area contributed by atoms with Crippen LogP contribution >= 0.6 is 12.4 Å². The van der Waals surface area contributed by atoms with Crippen LogP contribution in [0.15, 0.2) is 48.5 Å². The molecule has 23 heavy (non-hydrogen) atoms. The quantitative estimate of drug-likeness (QED) is 0.863. The van der Waals surface area contributed by atoms with Crippen LogP contribution in [0.5, 0.6) is 5.75 Å². The van der Waals surface area contributed by atoms with Gasteiger partial charge in [0.15, 0.2) is 0 Å². The van der Waals surface area contributed by atoms with E-state index in [9.17, 15) is 0 Å². The van der Waals surface area contributed by atoms with E-state index in [0.717, 1.165) is 18.2 Å². The van der Waals surface area contributed by atoms with E-state index in [-0.39, 0.29) is 12.4 Å². The fourth-order valence-corrected chi connectivity index (χ4v) is 2.72. The third-order valence-corrected chi connectivity index (χ3v) is 4.18. The molecule has 1 unspecified atom stereocenters. The third kappa shape index (κ3) is 4.48. The van der Waals surface area contributed by atoms with Crippen LogP contribution in [0.1, 0.15) is 35.6 Å². The lowest BCUT2D eigenvalue weighted by molar-refractivity contribution is 0.413. The van der Waals surface area contributed by atoms with Gasteiger partial charge < -0.3 is 10.1 Å². The Morgan fingerprint density at radius 3 is 2.30 bits per heavy atom. The maximum Gasteiger partial charge on any atom is 0.118 e. The molecular formula is C19H21ClN2O. The number of halogens is 1. The molecular weight excluding hydrogens is 308 g/mol. The lowest BCUT2D eigenvalue weighted by atomic mass is 10.0. The Hall–Kier alpha value is -2.02. The summed E-state index contributed by atoms with van der Waals surface area (Å²) in [5.41, 5.74) is 3.23. The highest BCUT2D eigenvalue weighted by Crippen LogP contribution is 2.41. The minimum Gasteiger partial charge on any atom is -0.497 e. The van der Waals surface area contributed by atoms with Crippen molar-refractivity contribution >= 4 is 12.4 Å². The maximum absolute atomic E-state index is 8.84. The number of benzene rings is 2. The van der Waals surface area contributed by atoms with Crippen molar-refractivity contribution in [3.8, 4) is 11.8 Å². The average molecular weight is 329 g/mol. The molecule has 2 aromatic carbocycles. The average Bonchev–Trinajstić information content (AvgIpc) is 3.41. The number of ether oxygens (including phenoxy) is 1. The van der Waals surface area contributed by atoms with Crippen molar-refractivity contribution in [3.63, 3.8) is 0 Å². The molecule has 0 aliphatic heterocycles. The number of nitriles is 1. The molecule has 0 spiro atoms. The molecule has 3 nitrogen and oxygen atoms in total. The van der Waals surface area contributed by atoms with Crippen molar-refractivity contribution in [2.45, 2.75) is 25.4 Å². The van der Waals surface area contributed by atoms with E-state index in [1.54, 1.807) is 7.11 Å². The van der Waals surface area contributed by atoms with Crippen molar-refractivity contribution in [3.05, 3.63) is 65.2 Å². The molecule has 1 saturated carbocycles. The zero-order chi connectivity index (χ0) is 15.4. The van der Waals surface area contributed by atoms with Crippen molar-refractivity contribution in [2.24, 2.45) is 5.92 Å². The molecule has 0 amide bonds. The second-order valence-electron chi connectivity index (χ2n) is 5.78. The Labute approximate surface area is 143 Å². The molecule has 0 aromatic heterocycles. The second kappa shape index (κ2) is 8.01. The minimum atomic E-state index is 0.